The van der Waals surface area contributed by atoms with E-state index in [1.165, 1.54) is 0 Å². The normalized spacial score (nSPS) is 47.8. The van der Waals surface area contributed by atoms with E-state index in [0.29, 0.717) is 19.4 Å². The smallest absolute Gasteiger partial charge is 0.306 e. The largest absolute Gasteiger partial charge is 0.462 e. The molecule has 84 valence electrons. The molecular formula is C10H14O5. The van der Waals surface area contributed by atoms with Crippen LogP contribution >= 0.6 is 0 Å². The third-order valence-corrected chi connectivity index (χ3v) is 3.31. The Balaban J connectivity index is 1.61. The molecule has 5 nitrogen and oxygen atoms in total. The van der Waals surface area contributed by atoms with E-state index in [2.05, 4.69) is 0 Å². The molecule has 0 bridgehead atoms. The molecule has 2 aliphatic heterocycles. The lowest BCUT2D eigenvalue weighted by Crippen LogP contribution is -2.30. The highest BCUT2D eigenvalue weighted by Gasteiger charge is 2.50. The van der Waals surface area contributed by atoms with Crippen molar-refractivity contribution in [2.75, 3.05) is 13.2 Å². The summed E-state index contributed by atoms with van der Waals surface area (Å²) in [5.74, 6) is -0.139. The molecule has 15 heavy (non-hydrogen) atoms. The van der Waals surface area contributed by atoms with Crippen LogP contribution in [0.25, 0.3) is 0 Å². The third-order valence-electron chi connectivity index (χ3n) is 3.31. The Morgan fingerprint density at radius 3 is 3.07 bits per heavy atom. The Hall–Kier alpha value is -0.650. The number of epoxide rings is 1. The Bertz CT molecular complexity index is 275. The van der Waals surface area contributed by atoms with Gasteiger partial charge in [-0.1, -0.05) is 0 Å². The molecule has 2 saturated heterocycles. The van der Waals surface area contributed by atoms with Gasteiger partial charge in [-0.3, -0.25) is 4.79 Å². The number of carbonyl (C=O) groups excluding carboxylic acids is 1. The lowest BCUT2D eigenvalue weighted by Gasteiger charge is -2.19. The second-order valence-corrected chi connectivity index (χ2v) is 4.45. The maximum absolute atomic E-state index is 11.1. The number of fused-ring (bicyclic) bond motifs is 1. The van der Waals surface area contributed by atoms with Gasteiger partial charge in [0.05, 0.1) is 31.8 Å². The topological polar surface area (TPSA) is 68.3 Å². The summed E-state index contributed by atoms with van der Waals surface area (Å²) < 4.78 is 15.7. The van der Waals surface area contributed by atoms with E-state index in [1.807, 2.05) is 0 Å². The lowest BCUT2D eigenvalue weighted by molar-refractivity contribution is -0.142. The van der Waals surface area contributed by atoms with Crippen LogP contribution < -0.4 is 0 Å². The van der Waals surface area contributed by atoms with Gasteiger partial charge in [-0.05, 0) is 0 Å². The molecule has 0 aromatic rings. The zero-order valence-electron chi connectivity index (χ0n) is 8.30. The van der Waals surface area contributed by atoms with Gasteiger partial charge in [0.2, 0.25) is 0 Å². The highest BCUT2D eigenvalue weighted by atomic mass is 16.6. The van der Waals surface area contributed by atoms with E-state index in [9.17, 15) is 9.90 Å². The van der Waals surface area contributed by atoms with Gasteiger partial charge >= 0.3 is 5.97 Å². The van der Waals surface area contributed by atoms with E-state index >= 15 is 0 Å². The highest BCUT2D eigenvalue weighted by Crippen LogP contribution is 2.38. The quantitative estimate of drug-likeness (QED) is 0.505. The summed E-state index contributed by atoms with van der Waals surface area (Å²) in [5.41, 5.74) is 0. The molecule has 1 N–H and O–H groups in total. The minimum atomic E-state index is -0.508. The van der Waals surface area contributed by atoms with Crippen LogP contribution in [0.4, 0.5) is 0 Å². The van der Waals surface area contributed by atoms with Crippen molar-refractivity contribution < 1.29 is 24.1 Å². The Labute approximate surface area is 87.3 Å². The SMILES string of the molecule is O=C1C[C@H]2[C@H](OCC3CO3)[C@@H](O)C[C@H]2O1. The fourth-order valence-corrected chi connectivity index (χ4v) is 2.45. The third kappa shape index (κ3) is 1.75. The molecule has 3 rings (SSSR count). The van der Waals surface area contributed by atoms with Crippen molar-refractivity contribution >= 4 is 5.97 Å². The Morgan fingerprint density at radius 2 is 2.33 bits per heavy atom. The molecule has 1 aliphatic carbocycles. The van der Waals surface area contributed by atoms with Crippen molar-refractivity contribution in [2.24, 2.45) is 5.92 Å². The van der Waals surface area contributed by atoms with Crippen LogP contribution in [0.1, 0.15) is 12.8 Å². The molecule has 5 atom stereocenters. The summed E-state index contributed by atoms with van der Waals surface area (Å²) in [6.07, 6.45) is 0.161. The van der Waals surface area contributed by atoms with Crippen molar-refractivity contribution in [3.8, 4) is 0 Å². The first-order valence-electron chi connectivity index (χ1n) is 5.35. The number of rotatable bonds is 3. The van der Waals surface area contributed by atoms with E-state index < -0.39 is 6.10 Å². The van der Waals surface area contributed by atoms with Crippen LogP contribution in [-0.4, -0.2) is 48.7 Å². The number of hydrogen-bond donors (Lipinski definition) is 1. The molecule has 5 heteroatoms. The van der Waals surface area contributed by atoms with E-state index in [-0.39, 0.29) is 30.2 Å². The Morgan fingerprint density at radius 1 is 1.53 bits per heavy atom. The van der Waals surface area contributed by atoms with Crippen molar-refractivity contribution in [3.63, 3.8) is 0 Å². The number of ether oxygens (including phenoxy) is 3. The maximum atomic E-state index is 11.1. The fourth-order valence-electron chi connectivity index (χ4n) is 2.45. The maximum Gasteiger partial charge on any atom is 0.306 e. The number of aliphatic hydroxyl groups excluding tert-OH is 1. The van der Waals surface area contributed by atoms with Crippen LogP contribution in [0.3, 0.4) is 0 Å². The Kier molecular flexibility index (Phi) is 2.19. The molecule has 0 aromatic carbocycles. The average molecular weight is 214 g/mol. The molecule has 0 amide bonds. The van der Waals surface area contributed by atoms with Gasteiger partial charge in [0.25, 0.3) is 0 Å². The molecule has 2 heterocycles. The van der Waals surface area contributed by atoms with Gasteiger partial charge in [0.1, 0.15) is 12.2 Å². The first-order chi connectivity index (χ1) is 7.24. The minimum absolute atomic E-state index is 0.0336. The zero-order chi connectivity index (χ0) is 10.4. The molecule has 0 radical (unpaired) electrons. The van der Waals surface area contributed by atoms with Gasteiger partial charge in [-0.25, -0.2) is 0 Å². The first-order valence-corrected chi connectivity index (χ1v) is 5.35. The molecule has 1 unspecified atom stereocenters. The van der Waals surface area contributed by atoms with Crippen LogP contribution in [0.2, 0.25) is 0 Å². The van der Waals surface area contributed by atoms with E-state index in [0.717, 1.165) is 6.61 Å². The fraction of sp³-hybridized carbons (Fsp3) is 0.900. The predicted molar refractivity (Wildman–Crippen MR) is 48.1 cm³/mol. The highest BCUT2D eigenvalue weighted by molar-refractivity contribution is 5.72. The number of hydrogen-bond acceptors (Lipinski definition) is 5. The second-order valence-electron chi connectivity index (χ2n) is 4.45. The monoisotopic (exact) mass is 214 g/mol. The van der Waals surface area contributed by atoms with Crippen molar-refractivity contribution in [2.45, 2.75) is 37.3 Å². The van der Waals surface area contributed by atoms with Crippen molar-refractivity contribution in [3.05, 3.63) is 0 Å². The van der Waals surface area contributed by atoms with Crippen molar-refractivity contribution in [1.29, 1.82) is 0 Å². The first kappa shape index (κ1) is 9.57. The summed E-state index contributed by atoms with van der Waals surface area (Å²) in [4.78, 5) is 11.1. The average Bonchev–Trinajstić information content (AvgIpc) is 2.86. The van der Waals surface area contributed by atoms with Gasteiger partial charge in [-0.2, -0.15) is 0 Å². The molecule has 3 fully saturated rings. The standard InChI is InChI=1S/C10H14O5/c11-7-2-8-6(1-9(12)15-8)10(7)14-4-5-3-13-5/h5-8,10-11H,1-4H2/t5?,6-,7+,8-,10+/m1/s1. The molecule has 1 saturated carbocycles. The minimum Gasteiger partial charge on any atom is -0.462 e. The van der Waals surface area contributed by atoms with Crippen LogP contribution in [-0.2, 0) is 19.0 Å². The van der Waals surface area contributed by atoms with E-state index in [4.69, 9.17) is 14.2 Å². The van der Waals surface area contributed by atoms with Crippen LogP contribution in [0, 0.1) is 5.92 Å². The lowest BCUT2D eigenvalue weighted by atomic mass is 10.0. The summed E-state index contributed by atoms with van der Waals surface area (Å²) in [7, 11) is 0. The summed E-state index contributed by atoms with van der Waals surface area (Å²) >= 11 is 0. The van der Waals surface area contributed by atoms with Crippen molar-refractivity contribution in [1.82, 2.24) is 0 Å². The van der Waals surface area contributed by atoms with Gasteiger partial charge in [0, 0.05) is 12.3 Å². The second kappa shape index (κ2) is 3.43. The molecular weight excluding hydrogens is 200 g/mol. The summed E-state index contributed by atoms with van der Waals surface area (Å²) in [6.45, 7) is 1.26. The summed E-state index contributed by atoms with van der Waals surface area (Å²) in [6, 6.07) is 0. The van der Waals surface area contributed by atoms with Gasteiger partial charge in [-0.15, -0.1) is 0 Å². The van der Waals surface area contributed by atoms with Crippen LogP contribution in [0.5, 0.6) is 0 Å². The molecule has 0 aromatic heterocycles. The van der Waals surface area contributed by atoms with Crippen LogP contribution in [0.15, 0.2) is 0 Å². The zero-order valence-corrected chi connectivity index (χ0v) is 8.30. The number of esters is 1. The van der Waals surface area contributed by atoms with Gasteiger partial charge in [0.15, 0.2) is 0 Å². The van der Waals surface area contributed by atoms with E-state index in [1.54, 1.807) is 0 Å². The van der Waals surface area contributed by atoms with Gasteiger partial charge < -0.3 is 19.3 Å². The molecule has 0 spiro atoms. The number of carbonyl (C=O) groups is 1. The number of aliphatic hydroxyl groups is 1. The molecule has 3 aliphatic rings. The summed E-state index contributed by atoms with van der Waals surface area (Å²) in [5, 5.41) is 9.76. The predicted octanol–water partition coefficient (Wildman–Crippen LogP) is -0.533.